The Morgan fingerprint density at radius 1 is 1.00 bits per heavy atom. The van der Waals surface area contributed by atoms with Gasteiger partial charge in [0.1, 0.15) is 0 Å². The lowest BCUT2D eigenvalue weighted by atomic mass is 9.92. The van der Waals surface area contributed by atoms with E-state index in [1.54, 1.807) is 0 Å². The fourth-order valence-corrected chi connectivity index (χ4v) is 2.25. The maximum Gasteiger partial charge on any atom is 0.0827 e. The second-order valence-corrected chi connectivity index (χ2v) is 6.98. The maximum atomic E-state index is 4.25. The van der Waals surface area contributed by atoms with Crippen molar-refractivity contribution in [1.82, 2.24) is 15.0 Å². The van der Waals surface area contributed by atoms with E-state index in [-0.39, 0.29) is 0 Å². The molecule has 0 aliphatic carbocycles. The lowest BCUT2D eigenvalue weighted by Crippen LogP contribution is -2.04. The second-order valence-electron chi connectivity index (χ2n) is 6.98. The molecule has 0 spiro atoms. The summed E-state index contributed by atoms with van der Waals surface area (Å²) in [5.41, 5.74) is 1.15. The van der Waals surface area contributed by atoms with Crippen molar-refractivity contribution in [2.24, 2.45) is 17.8 Å². The van der Waals surface area contributed by atoms with Crippen LogP contribution in [0.5, 0.6) is 0 Å². The molecule has 1 aromatic heterocycles. The number of aryl methyl sites for hydroxylation is 2. The lowest BCUT2D eigenvalue weighted by molar-refractivity contribution is 0.372. The van der Waals surface area contributed by atoms with Gasteiger partial charge >= 0.3 is 0 Å². The SMILES string of the molecule is CC(C)CCc1cn(CCCCCC(C)C(C)C)nn1. The monoisotopic (exact) mass is 279 g/mol. The fourth-order valence-electron chi connectivity index (χ4n) is 2.25. The van der Waals surface area contributed by atoms with E-state index in [9.17, 15) is 0 Å². The van der Waals surface area contributed by atoms with Crippen molar-refractivity contribution < 1.29 is 0 Å². The van der Waals surface area contributed by atoms with Gasteiger partial charge < -0.3 is 0 Å². The van der Waals surface area contributed by atoms with E-state index < -0.39 is 0 Å². The van der Waals surface area contributed by atoms with Crippen LogP contribution in [0.4, 0.5) is 0 Å². The summed E-state index contributed by atoms with van der Waals surface area (Å²) in [6.45, 7) is 12.5. The van der Waals surface area contributed by atoms with Crippen molar-refractivity contribution in [1.29, 1.82) is 0 Å². The first-order chi connectivity index (χ1) is 9.49. The second kappa shape index (κ2) is 9.15. The molecule has 1 unspecified atom stereocenters. The van der Waals surface area contributed by atoms with Crippen LogP contribution in [0.25, 0.3) is 0 Å². The first-order valence-corrected chi connectivity index (χ1v) is 8.38. The summed E-state index contributed by atoms with van der Waals surface area (Å²) < 4.78 is 2.02. The topological polar surface area (TPSA) is 30.7 Å². The molecular weight excluding hydrogens is 246 g/mol. The standard InChI is InChI=1S/C17H33N3/c1-14(2)10-11-17-13-20(19-18-17)12-8-6-7-9-16(5)15(3)4/h13-16H,6-12H2,1-5H3. The van der Waals surface area contributed by atoms with E-state index in [2.05, 4.69) is 51.1 Å². The van der Waals surface area contributed by atoms with E-state index >= 15 is 0 Å². The zero-order chi connectivity index (χ0) is 15.0. The largest absolute Gasteiger partial charge is 0.252 e. The third-order valence-electron chi connectivity index (χ3n) is 4.25. The molecule has 0 bridgehead atoms. The normalized spacial score (nSPS) is 13.3. The molecule has 20 heavy (non-hydrogen) atoms. The molecule has 3 nitrogen and oxygen atoms in total. The minimum atomic E-state index is 0.739. The molecule has 0 aliphatic heterocycles. The molecule has 0 N–H and O–H groups in total. The zero-order valence-electron chi connectivity index (χ0n) is 14.1. The van der Waals surface area contributed by atoms with Crippen molar-refractivity contribution in [3.8, 4) is 0 Å². The van der Waals surface area contributed by atoms with Crippen molar-refractivity contribution >= 4 is 0 Å². The van der Waals surface area contributed by atoms with Crippen molar-refractivity contribution in [3.63, 3.8) is 0 Å². The van der Waals surface area contributed by atoms with Gasteiger partial charge in [-0.25, -0.2) is 0 Å². The van der Waals surface area contributed by atoms with E-state index in [4.69, 9.17) is 0 Å². The summed E-state index contributed by atoms with van der Waals surface area (Å²) in [5, 5.41) is 8.47. The van der Waals surface area contributed by atoms with E-state index in [1.165, 1.54) is 32.1 Å². The van der Waals surface area contributed by atoms with Crippen LogP contribution >= 0.6 is 0 Å². The number of hydrogen-bond donors (Lipinski definition) is 0. The van der Waals surface area contributed by atoms with Crippen LogP contribution in [0.1, 0.15) is 72.4 Å². The molecule has 1 aromatic rings. The van der Waals surface area contributed by atoms with Gasteiger partial charge in [0.25, 0.3) is 0 Å². The van der Waals surface area contributed by atoms with Gasteiger partial charge in [0.05, 0.1) is 5.69 Å². The fraction of sp³-hybridized carbons (Fsp3) is 0.882. The van der Waals surface area contributed by atoms with Gasteiger partial charge in [0, 0.05) is 12.7 Å². The molecule has 0 amide bonds. The highest BCUT2D eigenvalue weighted by molar-refractivity contribution is 4.92. The van der Waals surface area contributed by atoms with Gasteiger partial charge in [-0.1, -0.05) is 59.1 Å². The van der Waals surface area contributed by atoms with E-state index in [0.717, 1.165) is 36.4 Å². The number of nitrogens with zero attached hydrogens (tertiary/aromatic N) is 3. The van der Waals surface area contributed by atoms with Crippen LogP contribution in [0.15, 0.2) is 6.20 Å². The molecule has 0 saturated carbocycles. The van der Waals surface area contributed by atoms with Crippen LogP contribution in [-0.4, -0.2) is 15.0 Å². The Morgan fingerprint density at radius 3 is 2.40 bits per heavy atom. The number of aromatic nitrogens is 3. The summed E-state index contributed by atoms with van der Waals surface area (Å²) in [4.78, 5) is 0. The zero-order valence-corrected chi connectivity index (χ0v) is 14.1. The third-order valence-corrected chi connectivity index (χ3v) is 4.25. The van der Waals surface area contributed by atoms with Crippen LogP contribution in [-0.2, 0) is 13.0 Å². The molecule has 1 heterocycles. The Labute approximate surface area is 125 Å². The van der Waals surface area contributed by atoms with E-state index in [0.29, 0.717) is 0 Å². The molecule has 0 saturated heterocycles. The number of unbranched alkanes of at least 4 members (excludes halogenated alkanes) is 2. The molecule has 116 valence electrons. The van der Waals surface area contributed by atoms with Gasteiger partial charge in [-0.2, -0.15) is 0 Å². The van der Waals surface area contributed by atoms with Gasteiger partial charge in [-0.05, 0) is 37.0 Å². The molecule has 0 radical (unpaired) electrons. The molecule has 1 atom stereocenters. The van der Waals surface area contributed by atoms with E-state index in [1.807, 2.05) is 4.68 Å². The lowest BCUT2D eigenvalue weighted by Gasteiger charge is -2.14. The van der Waals surface area contributed by atoms with Gasteiger partial charge in [0.15, 0.2) is 0 Å². The molecule has 0 fully saturated rings. The van der Waals surface area contributed by atoms with Crippen LogP contribution in [0.3, 0.4) is 0 Å². The molecule has 3 heteroatoms. The minimum absolute atomic E-state index is 0.739. The van der Waals surface area contributed by atoms with Crippen LogP contribution < -0.4 is 0 Å². The number of hydrogen-bond acceptors (Lipinski definition) is 2. The number of rotatable bonds is 10. The Bertz CT molecular complexity index is 355. The van der Waals surface area contributed by atoms with Gasteiger partial charge in [-0.3, -0.25) is 4.68 Å². The summed E-state index contributed by atoms with van der Waals surface area (Å²) in [7, 11) is 0. The van der Waals surface area contributed by atoms with Crippen LogP contribution in [0.2, 0.25) is 0 Å². The summed E-state index contributed by atoms with van der Waals surface area (Å²) >= 11 is 0. The third kappa shape index (κ3) is 7.06. The predicted molar refractivity (Wildman–Crippen MR) is 85.7 cm³/mol. The highest BCUT2D eigenvalue weighted by Gasteiger charge is 2.06. The quantitative estimate of drug-likeness (QED) is 0.580. The van der Waals surface area contributed by atoms with Gasteiger partial charge in [0.2, 0.25) is 0 Å². The Hall–Kier alpha value is -0.860. The first-order valence-electron chi connectivity index (χ1n) is 8.38. The van der Waals surface area contributed by atoms with Crippen molar-refractivity contribution in [2.75, 3.05) is 0 Å². The Kier molecular flexibility index (Phi) is 7.86. The first kappa shape index (κ1) is 17.2. The Balaban J connectivity index is 2.13. The molecule has 0 aliphatic rings. The average Bonchev–Trinajstić information content (AvgIpc) is 2.83. The molecule has 1 rings (SSSR count). The smallest absolute Gasteiger partial charge is 0.0827 e. The summed E-state index contributed by atoms with van der Waals surface area (Å²) in [6, 6.07) is 0. The molecular formula is C17H33N3. The predicted octanol–water partition coefficient (Wildman–Crippen LogP) is 4.72. The highest BCUT2D eigenvalue weighted by atomic mass is 15.4. The average molecular weight is 279 g/mol. The van der Waals surface area contributed by atoms with Gasteiger partial charge in [-0.15, -0.1) is 5.10 Å². The summed E-state index contributed by atoms with van der Waals surface area (Å²) in [5.74, 6) is 2.40. The maximum absolute atomic E-state index is 4.25. The summed E-state index contributed by atoms with van der Waals surface area (Å²) in [6.07, 6.45) is 9.60. The van der Waals surface area contributed by atoms with Crippen molar-refractivity contribution in [3.05, 3.63) is 11.9 Å². The Morgan fingerprint density at radius 2 is 1.75 bits per heavy atom. The highest BCUT2D eigenvalue weighted by Crippen LogP contribution is 2.17. The molecule has 0 aromatic carbocycles. The van der Waals surface area contributed by atoms with Crippen molar-refractivity contribution in [2.45, 2.75) is 79.7 Å². The van der Waals surface area contributed by atoms with Crippen LogP contribution in [0, 0.1) is 17.8 Å². The minimum Gasteiger partial charge on any atom is -0.252 e.